The molecule has 0 saturated carbocycles. The summed E-state index contributed by atoms with van der Waals surface area (Å²) < 4.78 is 11.2. The molecule has 3 rings (SSSR count). The molecule has 0 aliphatic carbocycles. The Morgan fingerprint density at radius 3 is 2.83 bits per heavy atom. The topological polar surface area (TPSA) is 60.5 Å². The van der Waals surface area contributed by atoms with Crippen molar-refractivity contribution in [1.29, 1.82) is 0 Å². The zero-order valence-corrected chi connectivity index (χ0v) is 14.0. The van der Waals surface area contributed by atoms with Crippen LogP contribution >= 0.6 is 0 Å². The third-order valence-electron chi connectivity index (χ3n) is 4.32. The molecule has 1 aromatic carbocycles. The van der Waals surface area contributed by atoms with E-state index in [1.807, 2.05) is 31.2 Å². The van der Waals surface area contributed by atoms with Crippen LogP contribution in [-0.2, 0) is 9.53 Å². The van der Waals surface area contributed by atoms with Gasteiger partial charge in [0.1, 0.15) is 11.4 Å². The van der Waals surface area contributed by atoms with Crippen LogP contribution in [0, 0.1) is 12.8 Å². The summed E-state index contributed by atoms with van der Waals surface area (Å²) in [5.41, 5.74) is 2.81. The summed E-state index contributed by atoms with van der Waals surface area (Å²) >= 11 is 0. The Balaban J connectivity index is 1.79. The lowest BCUT2D eigenvalue weighted by Gasteiger charge is -2.31. The number of amides is 1. The first kappa shape index (κ1) is 16.5. The van der Waals surface area contributed by atoms with Crippen LogP contribution in [0.2, 0.25) is 0 Å². The highest BCUT2D eigenvalue weighted by Crippen LogP contribution is 2.35. The van der Waals surface area contributed by atoms with E-state index in [-0.39, 0.29) is 17.9 Å². The Labute approximate surface area is 142 Å². The van der Waals surface area contributed by atoms with Crippen molar-refractivity contribution < 1.29 is 14.3 Å². The van der Waals surface area contributed by atoms with Crippen LogP contribution in [0.5, 0.6) is 5.75 Å². The van der Waals surface area contributed by atoms with Crippen LogP contribution in [0.4, 0.5) is 5.69 Å². The van der Waals surface area contributed by atoms with Gasteiger partial charge < -0.3 is 14.8 Å². The maximum atomic E-state index is 12.8. The molecule has 0 spiro atoms. The molecule has 2 heterocycles. The number of methoxy groups -OCH3 is 1. The molecule has 24 heavy (non-hydrogen) atoms. The zero-order chi connectivity index (χ0) is 16.9. The van der Waals surface area contributed by atoms with E-state index in [1.165, 1.54) is 5.56 Å². The Morgan fingerprint density at radius 1 is 1.29 bits per heavy atom. The number of hydrogen-bond donors (Lipinski definition) is 1. The van der Waals surface area contributed by atoms with E-state index in [4.69, 9.17) is 9.47 Å². The van der Waals surface area contributed by atoms with Gasteiger partial charge in [-0.05, 0) is 25.3 Å². The molecule has 1 amide bonds. The van der Waals surface area contributed by atoms with E-state index in [2.05, 4.69) is 10.3 Å². The molecule has 2 atom stereocenters. The van der Waals surface area contributed by atoms with Gasteiger partial charge >= 0.3 is 0 Å². The van der Waals surface area contributed by atoms with Crippen molar-refractivity contribution in [3.05, 3.63) is 53.9 Å². The first-order valence-electron chi connectivity index (χ1n) is 8.16. The number of benzene rings is 1. The summed E-state index contributed by atoms with van der Waals surface area (Å²) in [7, 11) is 1.57. The number of carbonyl (C=O) groups excluding carboxylic acids is 1. The second kappa shape index (κ2) is 7.45. The second-order valence-corrected chi connectivity index (χ2v) is 6.02. The van der Waals surface area contributed by atoms with E-state index in [0.717, 1.165) is 18.4 Å². The standard InChI is InChI=1S/C19H22N2O3/c1-13-5-7-14(8-6-13)18-15(4-3-11-24-18)19(22)21-16-12-20-10-9-17(16)23-2/h5-10,12,15,18H,3-4,11H2,1-2H3,(H,21,22)/t15-,18-/m0/s1. The third kappa shape index (κ3) is 3.57. The number of aryl methyl sites for hydroxylation is 1. The van der Waals surface area contributed by atoms with Gasteiger partial charge in [-0.3, -0.25) is 9.78 Å². The largest absolute Gasteiger partial charge is 0.494 e. The van der Waals surface area contributed by atoms with E-state index in [1.54, 1.807) is 25.6 Å². The summed E-state index contributed by atoms with van der Waals surface area (Å²) in [5, 5.41) is 2.94. The number of aromatic nitrogens is 1. The predicted octanol–water partition coefficient (Wildman–Crippen LogP) is 3.51. The van der Waals surface area contributed by atoms with Crippen molar-refractivity contribution in [2.45, 2.75) is 25.9 Å². The third-order valence-corrected chi connectivity index (χ3v) is 4.32. The summed E-state index contributed by atoms with van der Waals surface area (Å²) in [4.78, 5) is 16.9. The quantitative estimate of drug-likeness (QED) is 0.934. The van der Waals surface area contributed by atoms with Gasteiger partial charge in [-0.2, -0.15) is 0 Å². The average molecular weight is 326 g/mol. The lowest BCUT2D eigenvalue weighted by atomic mass is 9.88. The minimum Gasteiger partial charge on any atom is -0.494 e. The van der Waals surface area contributed by atoms with Crippen molar-refractivity contribution >= 4 is 11.6 Å². The number of rotatable bonds is 4. The molecule has 1 N–H and O–H groups in total. The van der Waals surface area contributed by atoms with Crippen molar-refractivity contribution in [3.63, 3.8) is 0 Å². The average Bonchev–Trinajstić information content (AvgIpc) is 2.63. The SMILES string of the molecule is COc1ccncc1NC(=O)[C@H]1CCCO[C@H]1c1ccc(C)cc1. The predicted molar refractivity (Wildman–Crippen MR) is 92.0 cm³/mol. The summed E-state index contributed by atoms with van der Waals surface area (Å²) in [5.74, 6) is 0.305. The highest BCUT2D eigenvalue weighted by Gasteiger charge is 2.33. The molecule has 1 aromatic heterocycles. The molecule has 1 saturated heterocycles. The molecule has 0 bridgehead atoms. The van der Waals surface area contributed by atoms with Crippen LogP contribution < -0.4 is 10.1 Å². The first-order chi connectivity index (χ1) is 11.7. The number of pyridine rings is 1. The van der Waals surface area contributed by atoms with Crippen molar-refractivity contribution in [3.8, 4) is 5.75 Å². The van der Waals surface area contributed by atoms with E-state index in [9.17, 15) is 4.79 Å². The Hall–Kier alpha value is -2.40. The van der Waals surface area contributed by atoms with Crippen LogP contribution in [0.1, 0.15) is 30.1 Å². The fourth-order valence-electron chi connectivity index (χ4n) is 3.01. The van der Waals surface area contributed by atoms with Crippen LogP contribution in [0.25, 0.3) is 0 Å². The van der Waals surface area contributed by atoms with E-state index < -0.39 is 0 Å². The van der Waals surface area contributed by atoms with Gasteiger partial charge in [0.15, 0.2) is 0 Å². The lowest BCUT2D eigenvalue weighted by Crippen LogP contribution is -2.33. The van der Waals surface area contributed by atoms with E-state index in [0.29, 0.717) is 18.0 Å². The van der Waals surface area contributed by atoms with Crippen LogP contribution in [0.15, 0.2) is 42.7 Å². The molecule has 0 radical (unpaired) electrons. The molecule has 1 fully saturated rings. The zero-order valence-electron chi connectivity index (χ0n) is 14.0. The molecule has 0 unspecified atom stereocenters. The van der Waals surface area contributed by atoms with Gasteiger partial charge in [-0.15, -0.1) is 0 Å². The molecule has 5 heteroatoms. The van der Waals surface area contributed by atoms with Crippen molar-refractivity contribution in [1.82, 2.24) is 4.98 Å². The fourth-order valence-corrected chi connectivity index (χ4v) is 3.01. The highest BCUT2D eigenvalue weighted by atomic mass is 16.5. The molecule has 1 aliphatic heterocycles. The van der Waals surface area contributed by atoms with Crippen molar-refractivity contribution in [2.24, 2.45) is 5.92 Å². The Morgan fingerprint density at radius 2 is 2.08 bits per heavy atom. The van der Waals surface area contributed by atoms with Crippen molar-refractivity contribution in [2.75, 3.05) is 19.0 Å². The number of ether oxygens (including phenoxy) is 2. The molecule has 2 aromatic rings. The minimum absolute atomic E-state index is 0.0634. The van der Waals surface area contributed by atoms with Gasteiger partial charge in [0.2, 0.25) is 5.91 Å². The molecule has 1 aliphatic rings. The summed E-state index contributed by atoms with van der Waals surface area (Å²) in [6.45, 7) is 2.73. The second-order valence-electron chi connectivity index (χ2n) is 6.02. The molecule has 5 nitrogen and oxygen atoms in total. The van der Waals surface area contributed by atoms with Crippen LogP contribution in [0.3, 0.4) is 0 Å². The molecule has 126 valence electrons. The van der Waals surface area contributed by atoms with E-state index >= 15 is 0 Å². The highest BCUT2D eigenvalue weighted by molar-refractivity contribution is 5.94. The van der Waals surface area contributed by atoms with Gasteiger partial charge in [-0.25, -0.2) is 0 Å². The number of hydrogen-bond acceptors (Lipinski definition) is 4. The van der Waals surface area contributed by atoms with Gasteiger partial charge in [0, 0.05) is 18.9 Å². The van der Waals surface area contributed by atoms with Gasteiger partial charge in [-0.1, -0.05) is 29.8 Å². The van der Waals surface area contributed by atoms with Gasteiger partial charge in [0.05, 0.1) is 25.3 Å². The first-order valence-corrected chi connectivity index (χ1v) is 8.16. The Bertz CT molecular complexity index is 700. The Kier molecular flexibility index (Phi) is 5.11. The lowest BCUT2D eigenvalue weighted by molar-refractivity contribution is -0.129. The molecular weight excluding hydrogens is 304 g/mol. The van der Waals surface area contributed by atoms with Gasteiger partial charge in [0.25, 0.3) is 0 Å². The number of anilines is 1. The monoisotopic (exact) mass is 326 g/mol. The summed E-state index contributed by atoms with van der Waals surface area (Å²) in [6.07, 6.45) is 4.69. The normalized spacial score (nSPS) is 20.4. The number of nitrogens with zero attached hydrogens (tertiary/aromatic N) is 1. The number of carbonyl (C=O) groups is 1. The minimum atomic E-state index is -0.230. The molecular formula is C19H22N2O3. The van der Waals surface area contributed by atoms with Crippen LogP contribution in [-0.4, -0.2) is 24.6 Å². The maximum Gasteiger partial charge on any atom is 0.230 e. The smallest absolute Gasteiger partial charge is 0.230 e. The summed E-state index contributed by atoms with van der Waals surface area (Å²) in [6, 6.07) is 9.90. The number of nitrogens with one attached hydrogen (secondary N) is 1. The maximum absolute atomic E-state index is 12.8. The fraction of sp³-hybridized carbons (Fsp3) is 0.368.